The van der Waals surface area contributed by atoms with E-state index in [4.69, 9.17) is 11.6 Å². The van der Waals surface area contributed by atoms with Crippen molar-refractivity contribution >= 4 is 50.5 Å². The van der Waals surface area contributed by atoms with Gasteiger partial charge in [0, 0.05) is 29.4 Å². The van der Waals surface area contributed by atoms with Crippen molar-refractivity contribution in [3.05, 3.63) is 82.9 Å². The molecule has 0 bridgehead atoms. The minimum absolute atomic E-state index is 0.0356. The number of carbonyl (C=O) groups excluding carboxylic acids is 2. The average Bonchev–Trinajstić information content (AvgIpc) is 3.24. The van der Waals surface area contributed by atoms with E-state index in [1.807, 2.05) is 6.92 Å². The quantitative estimate of drug-likeness (QED) is 0.488. The van der Waals surface area contributed by atoms with E-state index in [0.717, 1.165) is 22.0 Å². The highest BCUT2D eigenvalue weighted by Gasteiger charge is 2.28. The predicted molar refractivity (Wildman–Crippen MR) is 139 cm³/mol. The Hall–Kier alpha value is -3.36. The molecule has 3 aromatic rings. The minimum Gasteiger partial charge on any atom is -0.325 e. The number of nitrogens with one attached hydrogen (secondary N) is 1. The fourth-order valence-electron chi connectivity index (χ4n) is 4.15. The number of benzene rings is 3. The summed E-state index contributed by atoms with van der Waals surface area (Å²) in [6, 6.07) is 18.1. The molecular formula is C26H26ClN3O4S. The Morgan fingerprint density at radius 2 is 1.74 bits per heavy atom. The van der Waals surface area contributed by atoms with Crippen molar-refractivity contribution in [1.82, 2.24) is 0 Å². The maximum absolute atomic E-state index is 13.5. The molecule has 7 nitrogen and oxygen atoms in total. The third-order valence-electron chi connectivity index (χ3n) is 5.92. The summed E-state index contributed by atoms with van der Waals surface area (Å²) in [7, 11) is -4.04. The molecule has 0 aliphatic carbocycles. The van der Waals surface area contributed by atoms with E-state index in [2.05, 4.69) is 5.32 Å². The molecule has 0 unspecified atom stereocenters. The van der Waals surface area contributed by atoms with Crippen LogP contribution in [0, 0.1) is 13.8 Å². The Bertz CT molecular complexity index is 1370. The molecule has 1 fully saturated rings. The van der Waals surface area contributed by atoms with Crippen LogP contribution in [0.2, 0.25) is 5.02 Å². The molecule has 1 N–H and O–H groups in total. The Morgan fingerprint density at radius 1 is 1.03 bits per heavy atom. The predicted octanol–water partition coefficient (Wildman–Crippen LogP) is 4.92. The fraction of sp³-hybridized carbons (Fsp3) is 0.231. The van der Waals surface area contributed by atoms with E-state index in [1.54, 1.807) is 54.3 Å². The lowest BCUT2D eigenvalue weighted by molar-refractivity contribution is -0.117. The number of sulfonamides is 1. The van der Waals surface area contributed by atoms with Gasteiger partial charge in [-0.15, -0.1) is 0 Å². The standard InChI is InChI=1S/C26H26ClN3O4S/c1-18-6-3-4-7-24(18)30(35(33,34)22-12-9-20(27)10-13-22)17-25(31)28-21-11-14-23(19(2)16-21)29-15-5-8-26(29)32/h3-4,6-7,9-14,16H,5,8,15,17H2,1-2H3,(H,28,31). The fourth-order valence-corrected chi connectivity index (χ4v) is 5.76. The Balaban J connectivity index is 1.59. The second-order valence-corrected chi connectivity index (χ2v) is 10.7. The van der Waals surface area contributed by atoms with E-state index < -0.39 is 22.5 Å². The van der Waals surface area contributed by atoms with Gasteiger partial charge in [-0.1, -0.05) is 29.8 Å². The third-order valence-corrected chi connectivity index (χ3v) is 7.94. The normalized spacial score (nSPS) is 13.7. The molecule has 1 aliphatic rings. The first-order chi connectivity index (χ1) is 16.7. The molecule has 0 saturated carbocycles. The number of hydrogen-bond donors (Lipinski definition) is 1. The molecule has 182 valence electrons. The van der Waals surface area contributed by atoms with Crippen LogP contribution in [0.3, 0.4) is 0 Å². The lowest BCUT2D eigenvalue weighted by atomic mass is 10.1. The van der Waals surface area contributed by atoms with Crippen molar-refractivity contribution in [2.75, 3.05) is 27.6 Å². The van der Waals surface area contributed by atoms with Gasteiger partial charge >= 0.3 is 0 Å². The smallest absolute Gasteiger partial charge is 0.264 e. The first kappa shape index (κ1) is 24.8. The van der Waals surface area contributed by atoms with Gasteiger partial charge in [0.05, 0.1) is 10.6 Å². The minimum atomic E-state index is -4.04. The molecule has 0 spiro atoms. The molecule has 0 atom stereocenters. The second-order valence-electron chi connectivity index (χ2n) is 8.45. The van der Waals surface area contributed by atoms with Gasteiger partial charge in [-0.25, -0.2) is 8.42 Å². The van der Waals surface area contributed by atoms with Crippen LogP contribution in [-0.4, -0.2) is 33.3 Å². The molecule has 35 heavy (non-hydrogen) atoms. The van der Waals surface area contributed by atoms with Gasteiger partial charge in [0.2, 0.25) is 11.8 Å². The van der Waals surface area contributed by atoms with E-state index in [0.29, 0.717) is 34.9 Å². The number of nitrogens with zero attached hydrogens (tertiary/aromatic N) is 2. The van der Waals surface area contributed by atoms with E-state index in [1.165, 1.54) is 24.3 Å². The summed E-state index contributed by atoms with van der Waals surface area (Å²) in [5, 5.41) is 3.21. The Labute approximate surface area is 210 Å². The summed E-state index contributed by atoms with van der Waals surface area (Å²) in [5.41, 5.74) is 3.32. The van der Waals surface area contributed by atoms with Crippen LogP contribution in [0.25, 0.3) is 0 Å². The van der Waals surface area contributed by atoms with Crippen molar-refractivity contribution < 1.29 is 18.0 Å². The van der Waals surface area contributed by atoms with Crippen LogP contribution < -0.4 is 14.5 Å². The van der Waals surface area contributed by atoms with Crippen molar-refractivity contribution in [3.8, 4) is 0 Å². The van der Waals surface area contributed by atoms with Crippen molar-refractivity contribution in [3.63, 3.8) is 0 Å². The summed E-state index contributed by atoms with van der Waals surface area (Å²) in [6.45, 7) is 3.93. The van der Waals surface area contributed by atoms with Gasteiger partial charge in [0.15, 0.2) is 0 Å². The maximum Gasteiger partial charge on any atom is 0.264 e. The van der Waals surface area contributed by atoms with Crippen LogP contribution in [0.15, 0.2) is 71.6 Å². The van der Waals surface area contributed by atoms with Gasteiger partial charge in [-0.05, 0) is 79.9 Å². The molecule has 0 radical (unpaired) electrons. The number of para-hydroxylation sites is 1. The Kier molecular flexibility index (Phi) is 7.14. The number of aryl methyl sites for hydroxylation is 2. The summed E-state index contributed by atoms with van der Waals surface area (Å²) in [6.07, 6.45) is 1.36. The zero-order valence-corrected chi connectivity index (χ0v) is 21.1. The van der Waals surface area contributed by atoms with Crippen molar-refractivity contribution in [2.45, 2.75) is 31.6 Å². The first-order valence-corrected chi connectivity index (χ1v) is 13.0. The molecule has 9 heteroatoms. The molecular weight excluding hydrogens is 486 g/mol. The number of hydrogen-bond acceptors (Lipinski definition) is 4. The second kappa shape index (κ2) is 10.1. The summed E-state index contributed by atoms with van der Waals surface area (Å²) < 4.78 is 28.2. The summed E-state index contributed by atoms with van der Waals surface area (Å²) in [4.78, 5) is 26.9. The topological polar surface area (TPSA) is 86.8 Å². The van der Waals surface area contributed by atoms with Gasteiger partial charge in [-0.3, -0.25) is 13.9 Å². The average molecular weight is 512 g/mol. The molecule has 1 saturated heterocycles. The first-order valence-electron chi connectivity index (χ1n) is 11.2. The molecule has 2 amide bonds. The molecule has 4 rings (SSSR count). The van der Waals surface area contributed by atoms with Gasteiger partial charge in [0.1, 0.15) is 6.54 Å². The number of rotatable bonds is 7. The number of amides is 2. The van der Waals surface area contributed by atoms with Gasteiger partial charge < -0.3 is 10.2 Å². The van der Waals surface area contributed by atoms with Crippen LogP contribution >= 0.6 is 11.6 Å². The van der Waals surface area contributed by atoms with Crippen LogP contribution in [0.4, 0.5) is 17.1 Å². The van der Waals surface area contributed by atoms with Gasteiger partial charge in [0.25, 0.3) is 10.0 Å². The summed E-state index contributed by atoms with van der Waals surface area (Å²) >= 11 is 5.94. The largest absolute Gasteiger partial charge is 0.325 e. The van der Waals surface area contributed by atoms with Crippen molar-refractivity contribution in [1.29, 1.82) is 0 Å². The van der Waals surface area contributed by atoms with Crippen LogP contribution in [0.5, 0.6) is 0 Å². The van der Waals surface area contributed by atoms with Crippen LogP contribution in [0.1, 0.15) is 24.0 Å². The van der Waals surface area contributed by atoms with Gasteiger partial charge in [-0.2, -0.15) is 0 Å². The lowest BCUT2D eigenvalue weighted by Crippen LogP contribution is -2.38. The van der Waals surface area contributed by atoms with Crippen molar-refractivity contribution in [2.24, 2.45) is 0 Å². The zero-order valence-electron chi connectivity index (χ0n) is 19.5. The summed E-state index contributed by atoms with van der Waals surface area (Å²) in [5.74, 6) is -0.402. The third kappa shape index (κ3) is 5.33. The highest BCUT2D eigenvalue weighted by Crippen LogP contribution is 2.29. The zero-order chi connectivity index (χ0) is 25.2. The molecule has 1 heterocycles. The maximum atomic E-state index is 13.5. The highest BCUT2D eigenvalue weighted by molar-refractivity contribution is 7.92. The monoisotopic (exact) mass is 511 g/mol. The lowest BCUT2D eigenvalue weighted by Gasteiger charge is -2.26. The molecule has 1 aliphatic heterocycles. The number of carbonyl (C=O) groups is 2. The van der Waals surface area contributed by atoms with Crippen LogP contribution in [-0.2, 0) is 19.6 Å². The molecule has 0 aromatic heterocycles. The Morgan fingerprint density at radius 3 is 2.37 bits per heavy atom. The van der Waals surface area contributed by atoms with E-state index in [9.17, 15) is 18.0 Å². The number of halogens is 1. The highest BCUT2D eigenvalue weighted by atomic mass is 35.5. The van der Waals surface area contributed by atoms with E-state index >= 15 is 0 Å². The SMILES string of the molecule is Cc1cc(NC(=O)CN(c2ccccc2C)S(=O)(=O)c2ccc(Cl)cc2)ccc1N1CCCC1=O. The van der Waals surface area contributed by atoms with E-state index in [-0.39, 0.29) is 10.8 Å². The number of anilines is 3. The molecule has 3 aromatic carbocycles.